The number of pyridine rings is 1. The topological polar surface area (TPSA) is 71.8 Å². The molecular formula is C28H29N5O2. The third kappa shape index (κ3) is 4.11. The molecule has 0 spiro atoms. The molecule has 2 atom stereocenters. The highest BCUT2D eigenvalue weighted by Crippen LogP contribution is 2.41. The van der Waals surface area contributed by atoms with Crippen molar-refractivity contribution in [1.82, 2.24) is 19.3 Å². The zero-order chi connectivity index (χ0) is 23.8. The second-order valence-corrected chi connectivity index (χ2v) is 9.57. The predicted octanol–water partition coefficient (Wildman–Crippen LogP) is 5.11. The molecule has 3 aromatic heterocycles. The highest BCUT2D eigenvalue weighted by atomic mass is 16.5. The van der Waals surface area contributed by atoms with Crippen LogP contribution in [0.2, 0.25) is 0 Å². The molecule has 0 unspecified atom stereocenters. The lowest BCUT2D eigenvalue weighted by Crippen LogP contribution is -2.47. The van der Waals surface area contributed by atoms with Gasteiger partial charge in [-0.25, -0.2) is 4.98 Å². The summed E-state index contributed by atoms with van der Waals surface area (Å²) >= 11 is 0. The molecule has 2 bridgehead atoms. The van der Waals surface area contributed by atoms with Crippen LogP contribution in [0.25, 0.3) is 5.52 Å². The summed E-state index contributed by atoms with van der Waals surface area (Å²) in [5.41, 5.74) is 3.83. The maximum Gasteiger partial charge on any atom is 0.258 e. The fourth-order valence-corrected chi connectivity index (χ4v) is 5.88. The molecule has 2 saturated heterocycles. The van der Waals surface area contributed by atoms with Crippen LogP contribution < -0.4 is 10.1 Å². The minimum atomic E-state index is 0.0758. The van der Waals surface area contributed by atoms with Crippen LogP contribution in [0.4, 0.5) is 11.5 Å². The van der Waals surface area contributed by atoms with E-state index in [1.165, 1.54) is 5.52 Å². The Morgan fingerprint density at radius 1 is 1.00 bits per heavy atom. The number of carbonyl (C=O) groups is 1. The van der Waals surface area contributed by atoms with E-state index in [9.17, 15) is 4.79 Å². The van der Waals surface area contributed by atoms with E-state index in [2.05, 4.69) is 42.9 Å². The van der Waals surface area contributed by atoms with E-state index >= 15 is 0 Å². The van der Waals surface area contributed by atoms with E-state index in [1.54, 1.807) is 13.3 Å². The number of nitrogens with zero attached hydrogens (tertiary/aromatic N) is 4. The van der Waals surface area contributed by atoms with Gasteiger partial charge in [0.25, 0.3) is 5.91 Å². The van der Waals surface area contributed by atoms with Gasteiger partial charge in [0, 0.05) is 42.6 Å². The van der Waals surface area contributed by atoms with Crippen molar-refractivity contribution < 1.29 is 9.53 Å². The molecule has 0 saturated carbocycles. The monoisotopic (exact) mass is 467 g/mol. The standard InChI is InChI=1S/C28H29N5O2/c1-35-23-10-6-20(7-11-23)31-27-24(4-2-12-30-27)28(34)33-21-8-9-22(33)17-19(16-21)18-25-26-5-3-14-32(26)15-13-29-25/h2-7,10-15,19,21-22H,8-9,16-18H2,1H3,(H,30,31)/t21-,22-/m0/s1. The van der Waals surface area contributed by atoms with Gasteiger partial charge < -0.3 is 19.4 Å². The van der Waals surface area contributed by atoms with E-state index in [0.29, 0.717) is 17.3 Å². The third-order valence-electron chi connectivity index (χ3n) is 7.47. The number of amides is 1. The van der Waals surface area contributed by atoms with Crippen molar-refractivity contribution in [3.05, 3.63) is 84.6 Å². The summed E-state index contributed by atoms with van der Waals surface area (Å²) in [7, 11) is 1.65. The summed E-state index contributed by atoms with van der Waals surface area (Å²) in [5, 5.41) is 3.33. The van der Waals surface area contributed by atoms with Gasteiger partial charge in [-0.15, -0.1) is 0 Å². The molecule has 2 fully saturated rings. The van der Waals surface area contributed by atoms with Crippen molar-refractivity contribution in [2.45, 2.75) is 44.2 Å². The number of anilines is 2. The Kier molecular flexibility index (Phi) is 5.60. The van der Waals surface area contributed by atoms with E-state index in [-0.39, 0.29) is 18.0 Å². The average Bonchev–Trinajstić information content (AvgIpc) is 3.47. The second kappa shape index (κ2) is 9.06. The van der Waals surface area contributed by atoms with E-state index in [1.807, 2.05) is 48.8 Å². The number of benzene rings is 1. The van der Waals surface area contributed by atoms with Crippen LogP contribution in [0.1, 0.15) is 41.7 Å². The number of ether oxygens (including phenoxy) is 1. The molecule has 6 rings (SSSR count). The first kappa shape index (κ1) is 21.6. The summed E-state index contributed by atoms with van der Waals surface area (Å²) in [5.74, 6) is 1.99. The number of piperidine rings is 1. The van der Waals surface area contributed by atoms with E-state index < -0.39 is 0 Å². The van der Waals surface area contributed by atoms with Crippen molar-refractivity contribution in [1.29, 1.82) is 0 Å². The summed E-state index contributed by atoms with van der Waals surface area (Å²) in [6.07, 6.45) is 12.8. The van der Waals surface area contributed by atoms with Gasteiger partial charge in [0.2, 0.25) is 0 Å². The molecule has 7 nitrogen and oxygen atoms in total. The number of carbonyl (C=O) groups excluding carboxylic acids is 1. The highest BCUT2D eigenvalue weighted by molar-refractivity contribution is 6.00. The summed E-state index contributed by atoms with van der Waals surface area (Å²) in [4.78, 5) is 25.1. The Morgan fingerprint density at radius 3 is 2.57 bits per heavy atom. The Bertz CT molecular complexity index is 1330. The van der Waals surface area contributed by atoms with Crippen molar-refractivity contribution >= 4 is 22.9 Å². The second-order valence-electron chi connectivity index (χ2n) is 9.57. The van der Waals surface area contributed by atoms with Crippen molar-refractivity contribution in [2.24, 2.45) is 5.92 Å². The Hall–Kier alpha value is -3.87. The van der Waals surface area contributed by atoms with Gasteiger partial charge in [-0.1, -0.05) is 0 Å². The Balaban J connectivity index is 1.19. The molecular weight excluding hydrogens is 438 g/mol. The van der Waals surface area contributed by atoms with E-state index in [0.717, 1.165) is 49.2 Å². The van der Waals surface area contributed by atoms with Gasteiger partial charge in [0.15, 0.2) is 0 Å². The average molecular weight is 468 g/mol. The molecule has 35 heavy (non-hydrogen) atoms. The van der Waals surface area contributed by atoms with Gasteiger partial charge in [-0.05, 0) is 86.6 Å². The zero-order valence-electron chi connectivity index (χ0n) is 19.8. The van der Waals surface area contributed by atoms with Gasteiger partial charge in [0.1, 0.15) is 11.6 Å². The molecule has 178 valence electrons. The predicted molar refractivity (Wildman–Crippen MR) is 135 cm³/mol. The largest absolute Gasteiger partial charge is 0.497 e. The fourth-order valence-electron chi connectivity index (χ4n) is 5.88. The van der Waals surface area contributed by atoms with Crippen molar-refractivity contribution in [2.75, 3.05) is 12.4 Å². The quantitative estimate of drug-likeness (QED) is 0.427. The van der Waals surface area contributed by atoms with Crippen LogP contribution in [0.15, 0.2) is 73.3 Å². The van der Waals surface area contributed by atoms with Crippen molar-refractivity contribution in [3.63, 3.8) is 0 Å². The molecule has 2 aliphatic rings. The number of aromatic nitrogens is 3. The van der Waals surface area contributed by atoms with Gasteiger partial charge in [-0.3, -0.25) is 9.78 Å². The number of methoxy groups -OCH3 is 1. The Morgan fingerprint density at radius 2 is 1.80 bits per heavy atom. The van der Waals surface area contributed by atoms with Crippen LogP contribution in [-0.2, 0) is 6.42 Å². The lowest BCUT2D eigenvalue weighted by atomic mass is 9.86. The molecule has 5 heterocycles. The number of nitrogens with one attached hydrogen (secondary N) is 1. The Labute approximate surface area is 204 Å². The first-order valence-corrected chi connectivity index (χ1v) is 12.3. The number of fused-ring (bicyclic) bond motifs is 3. The smallest absolute Gasteiger partial charge is 0.258 e. The summed E-state index contributed by atoms with van der Waals surface area (Å²) in [6, 6.07) is 16.1. The molecule has 1 amide bonds. The SMILES string of the molecule is COc1ccc(Nc2ncccc2C(=O)N2[C@H]3CC[C@H]2CC(Cc2nccn4cccc24)C3)cc1. The summed E-state index contributed by atoms with van der Waals surface area (Å²) < 4.78 is 7.38. The maximum atomic E-state index is 13.8. The first-order valence-electron chi connectivity index (χ1n) is 12.3. The zero-order valence-corrected chi connectivity index (χ0v) is 19.8. The molecule has 0 aliphatic carbocycles. The van der Waals surface area contributed by atoms with Crippen LogP contribution in [0.5, 0.6) is 5.75 Å². The van der Waals surface area contributed by atoms with Gasteiger partial charge in [0.05, 0.1) is 23.9 Å². The lowest BCUT2D eigenvalue weighted by Gasteiger charge is -2.39. The fraction of sp³-hybridized carbons (Fsp3) is 0.321. The van der Waals surface area contributed by atoms with Gasteiger partial charge >= 0.3 is 0 Å². The molecule has 7 heteroatoms. The highest BCUT2D eigenvalue weighted by Gasteiger charge is 2.44. The molecule has 2 aliphatic heterocycles. The normalized spacial score (nSPS) is 21.3. The van der Waals surface area contributed by atoms with Crippen LogP contribution in [0, 0.1) is 5.92 Å². The number of hydrogen-bond acceptors (Lipinski definition) is 5. The van der Waals surface area contributed by atoms with Crippen LogP contribution in [-0.4, -0.2) is 44.4 Å². The minimum Gasteiger partial charge on any atom is -0.497 e. The first-order chi connectivity index (χ1) is 17.2. The maximum absolute atomic E-state index is 13.8. The lowest BCUT2D eigenvalue weighted by molar-refractivity contribution is 0.0525. The van der Waals surface area contributed by atoms with Crippen LogP contribution >= 0.6 is 0 Å². The third-order valence-corrected chi connectivity index (χ3v) is 7.47. The van der Waals surface area contributed by atoms with Crippen LogP contribution in [0.3, 0.4) is 0 Å². The van der Waals surface area contributed by atoms with Gasteiger partial charge in [-0.2, -0.15) is 0 Å². The molecule has 1 N–H and O–H groups in total. The molecule has 0 radical (unpaired) electrons. The number of hydrogen-bond donors (Lipinski definition) is 1. The minimum absolute atomic E-state index is 0.0758. The van der Waals surface area contributed by atoms with E-state index in [4.69, 9.17) is 4.74 Å². The van der Waals surface area contributed by atoms with Crippen molar-refractivity contribution in [3.8, 4) is 5.75 Å². The molecule has 4 aromatic rings. The summed E-state index contributed by atoms with van der Waals surface area (Å²) in [6.45, 7) is 0. The molecule has 1 aromatic carbocycles. The number of rotatable bonds is 6.